The lowest BCUT2D eigenvalue weighted by Gasteiger charge is -2.24. The van der Waals surface area contributed by atoms with Gasteiger partial charge in [-0.15, -0.1) is 0 Å². The number of fused-ring (bicyclic) bond motifs is 7. The molecule has 4 aromatic carbocycles. The summed E-state index contributed by atoms with van der Waals surface area (Å²) in [6.07, 6.45) is 3.28. The van der Waals surface area contributed by atoms with Crippen molar-refractivity contribution in [3.63, 3.8) is 0 Å². The maximum Gasteiger partial charge on any atom is 0.224 e. The monoisotopic (exact) mass is 484 g/mol. The zero-order chi connectivity index (χ0) is 25.8. The number of rotatable bonds is 2. The van der Waals surface area contributed by atoms with Gasteiger partial charge in [0.25, 0.3) is 0 Å². The SMILES string of the molecule is Cc1c2ccccc2c(N(C)C)c2c1c1c3c(cc[n+]1C)cc(CC(C)(C)C)c1c4ccccc4n2c13. The smallest absolute Gasteiger partial charge is 0.224 e. The zero-order valence-electron chi connectivity index (χ0n) is 22.9. The number of hydrogen-bond acceptors (Lipinski definition) is 1. The maximum absolute atomic E-state index is 2.59. The van der Waals surface area contributed by atoms with Crippen molar-refractivity contribution >= 4 is 65.5 Å². The van der Waals surface area contributed by atoms with Crippen LogP contribution in [0.5, 0.6) is 0 Å². The first-order chi connectivity index (χ1) is 17.7. The lowest BCUT2D eigenvalue weighted by atomic mass is 9.85. The molecular formula is C34H34N3+. The number of benzene rings is 4. The minimum atomic E-state index is 0.190. The Balaban J connectivity index is 1.93. The van der Waals surface area contributed by atoms with Crippen LogP contribution in [0.25, 0.3) is 59.8 Å². The highest BCUT2D eigenvalue weighted by molar-refractivity contribution is 6.31. The molecule has 0 amide bonds. The third-order valence-corrected chi connectivity index (χ3v) is 8.17. The molecule has 0 saturated heterocycles. The largest absolute Gasteiger partial charge is 0.375 e. The van der Waals surface area contributed by atoms with Crippen LogP contribution in [0.15, 0.2) is 66.9 Å². The Kier molecular flexibility index (Phi) is 4.44. The summed E-state index contributed by atoms with van der Waals surface area (Å²) in [5, 5.41) is 9.42. The number of para-hydroxylation sites is 1. The van der Waals surface area contributed by atoms with Gasteiger partial charge in [0.15, 0.2) is 6.20 Å². The van der Waals surface area contributed by atoms with Crippen LogP contribution in [0.1, 0.15) is 31.9 Å². The quantitative estimate of drug-likeness (QED) is 0.138. The van der Waals surface area contributed by atoms with Crippen LogP contribution < -0.4 is 9.47 Å². The van der Waals surface area contributed by atoms with Crippen molar-refractivity contribution in [3.8, 4) is 0 Å². The van der Waals surface area contributed by atoms with E-state index >= 15 is 0 Å². The molecule has 3 heterocycles. The zero-order valence-corrected chi connectivity index (χ0v) is 22.9. The van der Waals surface area contributed by atoms with Crippen LogP contribution in [0.3, 0.4) is 0 Å². The molecule has 0 N–H and O–H groups in total. The van der Waals surface area contributed by atoms with E-state index in [4.69, 9.17) is 0 Å². The fraction of sp³-hybridized carbons (Fsp3) is 0.265. The topological polar surface area (TPSA) is 11.5 Å². The van der Waals surface area contributed by atoms with Gasteiger partial charge in [-0.2, -0.15) is 0 Å². The van der Waals surface area contributed by atoms with Crippen molar-refractivity contribution in [1.82, 2.24) is 4.40 Å². The molecule has 184 valence electrons. The molecule has 0 fully saturated rings. The first-order valence-corrected chi connectivity index (χ1v) is 13.3. The third-order valence-electron chi connectivity index (χ3n) is 8.17. The summed E-state index contributed by atoms with van der Waals surface area (Å²) in [6, 6.07) is 22.7. The first-order valence-electron chi connectivity index (χ1n) is 13.3. The average molecular weight is 485 g/mol. The fourth-order valence-electron chi connectivity index (χ4n) is 6.87. The van der Waals surface area contributed by atoms with Crippen LogP contribution in [-0.4, -0.2) is 18.5 Å². The van der Waals surface area contributed by atoms with E-state index < -0.39 is 0 Å². The Morgan fingerprint density at radius 3 is 2.19 bits per heavy atom. The van der Waals surface area contributed by atoms with Crippen LogP contribution in [0.4, 0.5) is 5.69 Å². The van der Waals surface area contributed by atoms with Gasteiger partial charge in [-0.1, -0.05) is 63.2 Å². The molecule has 7 rings (SSSR count). The van der Waals surface area contributed by atoms with Gasteiger partial charge in [-0.05, 0) is 52.8 Å². The summed E-state index contributed by atoms with van der Waals surface area (Å²) in [7, 11) is 6.58. The summed E-state index contributed by atoms with van der Waals surface area (Å²) in [5.41, 5.74) is 9.52. The van der Waals surface area contributed by atoms with Gasteiger partial charge in [-0.25, -0.2) is 4.57 Å². The van der Waals surface area contributed by atoms with Gasteiger partial charge in [0.2, 0.25) is 5.52 Å². The van der Waals surface area contributed by atoms with Crippen LogP contribution >= 0.6 is 0 Å². The molecular weight excluding hydrogens is 450 g/mol. The minimum absolute atomic E-state index is 0.190. The molecule has 0 aliphatic carbocycles. The average Bonchev–Trinajstić information content (AvgIpc) is 3.20. The van der Waals surface area contributed by atoms with Gasteiger partial charge >= 0.3 is 0 Å². The summed E-state index contributed by atoms with van der Waals surface area (Å²) < 4.78 is 4.93. The molecule has 0 atom stereocenters. The summed E-state index contributed by atoms with van der Waals surface area (Å²) >= 11 is 0. The van der Waals surface area contributed by atoms with Crippen molar-refractivity contribution in [2.45, 2.75) is 34.1 Å². The van der Waals surface area contributed by atoms with Gasteiger partial charge in [0, 0.05) is 36.3 Å². The molecule has 0 radical (unpaired) electrons. The van der Waals surface area contributed by atoms with E-state index in [9.17, 15) is 0 Å². The highest BCUT2D eigenvalue weighted by Gasteiger charge is 2.29. The van der Waals surface area contributed by atoms with Crippen LogP contribution in [0.2, 0.25) is 0 Å². The lowest BCUT2D eigenvalue weighted by Crippen LogP contribution is -2.29. The Hall–Kier alpha value is -3.85. The Morgan fingerprint density at radius 1 is 0.811 bits per heavy atom. The van der Waals surface area contributed by atoms with E-state index in [0.29, 0.717) is 0 Å². The highest BCUT2D eigenvalue weighted by atomic mass is 15.1. The minimum Gasteiger partial charge on any atom is -0.375 e. The molecule has 3 heteroatoms. The summed E-state index contributed by atoms with van der Waals surface area (Å²) in [4.78, 5) is 2.31. The molecule has 0 saturated carbocycles. The highest BCUT2D eigenvalue weighted by Crippen LogP contribution is 2.47. The van der Waals surface area contributed by atoms with E-state index in [2.05, 4.69) is 130 Å². The van der Waals surface area contributed by atoms with Crippen molar-refractivity contribution in [1.29, 1.82) is 0 Å². The number of pyridine rings is 2. The molecule has 0 aliphatic heterocycles. The number of nitrogens with zero attached hydrogens (tertiary/aromatic N) is 3. The Bertz CT molecular complexity index is 2030. The summed E-state index contributed by atoms with van der Waals surface area (Å²) in [5.74, 6) is 0. The van der Waals surface area contributed by atoms with Crippen LogP contribution in [0, 0.1) is 12.3 Å². The Morgan fingerprint density at radius 2 is 1.49 bits per heavy atom. The first kappa shape index (κ1) is 22.4. The van der Waals surface area contributed by atoms with Gasteiger partial charge in [-0.3, -0.25) is 0 Å². The molecule has 3 nitrogen and oxygen atoms in total. The predicted octanol–water partition coefficient (Wildman–Crippen LogP) is 7.93. The van der Waals surface area contributed by atoms with Crippen molar-refractivity contribution in [2.24, 2.45) is 12.5 Å². The molecule has 3 aromatic heterocycles. The van der Waals surface area contributed by atoms with Crippen LogP contribution in [-0.2, 0) is 13.5 Å². The maximum atomic E-state index is 2.59. The standard InChI is InChI=1S/C34H34N3/c1-20-23-12-8-9-13-24(23)30(35(5)6)33-27(20)31-29-21(16-17-36(31)7)18-22(19-34(2,3)4)28-25-14-10-11-15-26(25)37(33)32(28)29/h8-18H,19H2,1-7H3/q+1. The molecule has 0 bridgehead atoms. The van der Waals surface area contributed by atoms with Gasteiger partial charge in [0.1, 0.15) is 7.05 Å². The Labute approximate surface area is 217 Å². The normalized spacial score (nSPS) is 12.8. The number of aromatic nitrogens is 2. The summed E-state index contributed by atoms with van der Waals surface area (Å²) in [6.45, 7) is 9.35. The number of aryl methyl sites for hydroxylation is 2. The van der Waals surface area contributed by atoms with E-state index in [-0.39, 0.29) is 5.41 Å². The second kappa shape index (κ2) is 7.35. The second-order valence-corrected chi connectivity index (χ2v) is 12.2. The predicted molar refractivity (Wildman–Crippen MR) is 160 cm³/mol. The van der Waals surface area contributed by atoms with Crippen molar-refractivity contribution in [3.05, 3.63) is 78.0 Å². The van der Waals surface area contributed by atoms with Gasteiger partial charge < -0.3 is 9.30 Å². The van der Waals surface area contributed by atoms with E-state index in [1.165, 1.54) is 76.6 Å². The fourth-order valence-corrected chi connectivity index (χ4v) is 6.87. The molecule has 0 unspecified atom stereocenters. The van der Waals surface area contributed by atoms with E-state index in [0.717, 1.165) is 6.42 Å². The second-order valence-electron chi connectivity index (χ2n) is 12.2. The molecule has 0 aliphatic rings. The van der Waals surface area contributed by atoms with Crippen molar-refractivity contribution < 1.29 is 4.57 Å². The van der Waals surface area contributed by atoms with E-state index in [1.807, 2.05) is 0 Å². The number of hydrogen-bond donors (Lipinski definition) is 0. The molecule has 7 aromatic rings. The van der Waals surface area contributed by atoms with Crippen molar-refractivity contribution in [2.75, 3.05) is 19.0 Å². The van der Waals surface area contributed by atoms with Gasteiger partial charge in [0.05, 0.1) is 33.0 Å². The molecule has 37 heavy (non-hydrogen) atoms. The lowest BCUT2D eigenvalue weighted by molar-refractivity contribution is -0.643. The molecule has 0 spiro atoms. The van der Waals surface area contributed by atoms with E-state index in [1.54, 1.807) is 0 Å². The number of anilines is 1. The third kappa shape index (κ3) is 2.91.